The highest BCUT2D eigenvalue weighted by Crippen LogP contribution is 2.69. The molecule has 0 spiro atoms. The van der Waals surface area contributed by atoms with Gasteiger partial charge in [-0.25, -0.2) is 0 Å². The van der Waals surface area contributed by atoms with E-state index >= 15 is 0 Å². The van der Waals surface area contributed by atoms with Gasteiger partial charge in [0.15, 0.2) is 0 Å². The summed E-state index contributed by atoms with van der Waals surface area (Å²) in [5, 5.41) is 3.27. The number of hydrogen-bond donors (Lipinski definition) is 1. The van der Waals surface area contributed by atoms with Gasteiger partial charge in [0, 0.05) is 5.41 Å². The van der Waals surface area contributed by atoms with Gasteiger partial charge in [0.05, 0.1) is 15.7 Å². The molecule has 2 saturated carbocycles. The van der Waals surface area contributed by atoms with E-state index in [0.717, 1.165) is 0 Å². The first-order valence-corrected chi connectivity index (χ1v) is 8.20. The van der Waals surface area contributed by atoms with E-state index in [2.05, 4.69) is 5.32 Å². The number of amides is 1. The zero-order chi connectivity index (χ0) is 17.2. The quantitative estimate of drug-likeness (QED) is 0.647. The molecule has 2 aliphatic rings. The molecule has 3 rings (SSSR count). The molecular weight excluding hydrogens is 337 g/mol. The van der Waals surface area contributed by atoms with Crippen molar-refractivity contribution in [1.29, 1.82) is 0 Å². The second-order valence-electron chi connectivity index (χ2n) is 7.07. The van der Waals surface area contributed by atoms with Crippen LogP contribution in [0.5, 0.6) is 0 Å². The first-order valence-electron chi connectivity index (χ1n) is 7.44. The Balaban J connectivity index is 2.06. The number of fused-ring (bicyclic) bond motifs is 2. The number of rotatable bonds is 2. The minimum atomic E-state index is -1.36. The molecule has 1 N–H and O–H groups in total. The van der Waals surface area contributed by atoms with Crippen molar-refractivity contribution in [1.82, 2.24) is 0 Å². The maximum Gasteiger partial charge on any atom is 0.239 e. The van der Waals surface area contributed by atoms with Crippen LogP contribution in [0.1, 0.15) is 33.6 Å². The molecule has 0 radical (unpaired) electrons. The van der Waals surface area contributed by atoms with Crippen LogP contribution in [-0.2, 0) is 14.4 Å². The number of carbonyl (C=O) groups is 3. The third-order valence-electron chi connectivity index (χ3n) is 6.13. The molecule has 0 unspecified atom stereocenters. The highest BCUT2D eigenvalue weighted by Gasteiger charge is 2.77. The third-order valence-corrected chi connectivity index (χ3v) is 6.76. The fourth-order valence-electron chi connectivity index (χ4n) is 4.11. The Bertz CT molecular complexity index is 738. The second-order valence-corrected chi connectivity index (χ2v) is 7.89. The van der Waals surface area contributed by atoms with Crippen molar-refractivity contribution in [3.05, 3.63) is 28.2 Å². The lowest BCUT2D eigenvalue weighted by atomic mass is 9.64. The topological polar surface area (TPSA) is 63.2 Å². The summed E-state index contributed by atoms with van der Waals surface area (Å²) < 4.78 is 0. The number of halogens is 2. The van der Waals surface area contributed by atoms with E-state index in [1.165, 1.54) is 0 Å². The van der Waals surface area contributed by atoms with Crippen molar-refractivity contribution in [2.45, 2.75) is 33.6 Å². The lowest BCUT2D eigenvalue weighted by Gasteiger charge is -2.37. The predicted octanol–water partition coefficient (Wildman–Crippen LogP) is 3.90. The predicted molar refractivity (Wildman–Crippen MR) is 88.7 cm³/mol. The van der Waals surface area contributed by atoms with Crippen molar-refractivity contribution in [3.8, 4) is 0 Å². The fourth-order valence-corrected chi connectivity index (χ4v) is 4.60. The summed E-state index contributed by atoms with van der Waals surface area (Å²) in [5.41, 5.74) is -2.65. The Morgan fingerprint density at radius 1 is 1.04 bits per heavy atom. The zero-order valence-electron chi connectivity index (χ0n) is 13.1. The van der Waals surface area contributed by atoms with Gasteiger partial charge in [0.2, 0.25) is 17.5 Å². The van der Waals surface area contributed by atoms with E-state index in [1.54, 1.807) is 25.1 Å². The van der Waals surface area contributed by atoms with Gasteiger partial charge in [-0.2, -0.15) is 0 Å². The van der Waals surface area contributed by atoms with Crippen molar-refractivity contribution >= 4 is 46.4 Å². The summed E-state index contributed by atoms with van der Waals surface area (Å²) in [6.45, 7) is 5.41. The summed E-state index contributed by atoms with van der Waals surface area (Å²) >= 11 is 12.2. The van der Waals surface area contributed by atoms with Gasteiger partial charge in [0.1, 0.15) is 5.41 Å². The van der Waals surface area contributed by atoms with Crippen LogP contribution in [0, 0.1) is 16.2 Å². The summed E-state index contributed by atoms with van der Waals surface area (Å²) in [6, 6.07) is 4.87. The number of nitrogens with one attached hydrogen (secondary N) is 1. The molecule has 23 heavy (non-hydrogen) atoms. The molecule has 2 bridgehead atoms. The SMILES string of the molecule is CC1(C)[C@]2(C(=O)Nc3c(Cl)cccc3Cl)CC[C@]1(C)C(=O)C2=O. The van der Waals surface area contributed by atoms with E-state index in [9.17, 15) is 14.4 Å². The molecule has 6 heteroatoms. The standard InChI is InChI=1S/C17H17Cl2NO3/c1-15(2)16(3)7-8-17(15,13(22)12(16)21)14(23)20-11-9(18)5-4-6-10(11)19/h4-6H,7-8H2,1-3H3,(H,20,23)/t16-,17-/m1/s1. The van der Waals surface area contributed by atoms with Crippen LogP contribution < -0.4 is 5.32 Å². The molecule has 0 heterocycles. The summed E-state index contributed by atoms with van der Waals surface area (Å²) in [6.07, 6.45) is 0.878. The van der Waals surface area contributed by atoms with Crippen molar-refractivity contribution < 1.29 is 14.4 Å². The van der Waals surface area contributed by atoms with Gasteiger partial charge in [-0.05, 0) is 30.4 Å². The Kier molecular flexibility index (Phi) is 3.44. The van der Waals surface area contributed by atoms with E-state index in [-0.39, 0.29) is 15.7 Å². The smallest absolute Gasteiger partial charge is 0.239 e. The molecule has 1 amide bonds. The monoisotopic (exact) mass is 353 g/mol. The Labute approximate surface area is 144 Å². The summed E-state index contributed by atoms with van der Waals surface area (Å²) in [4.78, 5) is 38.1. The van der Waals surface area contributed by atoms with E-state index < -0.39 is 33.7 Å². The molecule has 1 aromatic carbocycles. The lowest BCUT2D eigenvalue weighted by molar-refractivity contribution is -0.147. The van der Waals surface area contributed by atoms with E-state index in [1.807, 2.05) is 13.8 Å². The van der Waals surface area contributed by atoms with Crippen LogP contribution in [0.25, 0.3) is 0 Å². The number of carbonyl (C=O) groups excluding carboxylic acids is 3. The highest BCUT2D eigenvalue weighted by atomic mass is 35.5. The lowest BCUT2D eigenvalue weighted by Crippen LogP contribution is -2.47. The van der Waals surface area contributed by atoms with Crippen LogP contribution in [0.3, 0.4) is 0 Å². The molecule has 2 aliphatic carbocycles. The van der Waals surface area contributed by atoms with Crippen LogP contribution >= 0.6 is 23.2 Å². The zero-order valence-corrected chi connectivity index (χ0v) is 14.6. The second kappa shape index (κ2) is 4.81. The van der Waals surface area contributed by atoms with Gasteiger partial charge in [-0.1, -0.05) is 50.0 Å². The van der Waals surface area contributed by atoms with E-state index in [0.29, 0.717) is 12.8 Å². The fraction of sp³-hybridized carbons (Fsp3) is 0.471. The Morgan fingerprint density at radius 3 is 2.09 bits per heavy atom. The number of benzene rings is 1. The van der Waals surface area contributed by atoms with Crippen molar-refractivity contribution in [2.24, 2.45) is 16.2 Å². The molecule has 4 nitrogen and oxygen atoms in total. The Hall–Kier alpha value is -1.39. The van der Waals surface area contributed by atoms with Gasteiger partial charge >= 0.3 is 0 Å². The van der Waals surface area contributed by atoms with Crippen LogP contribution in [0.4, 0.5) is 5.69 Å². The van der Waals surface area contributed by atoms with Gasteiger partial charge in [-0.15, -0.1) is 0 Å². The molecule has 2 fully saturated rings. The number of Topliss-reactive ketones (excluding diaryl/α,β-unsaturated/α-hetero) is 2. The summed E-state index contributed by atoms with van der Waals surface area (Å²) in [7, 11) is 0. The molecule has 122 valence electrons. The molecular formula is C17H17Cl2NO3. The number of hydrogen-bond acceptors (Lipinski definition) is 3. The molecule has 2 atom stereocenters. The number of para-hydroxylation sites is 1. The van der Waals surface area contributed by atoms with Gasteiger partial charge in [0.25, 0.3) is 0 Å². The largest absolute Gasteiger partial charge is 0.323 e. The molecule has 0 aromatic heterocycles. The highest BCUT2D eigenvalue weighted by molar-refractivity contribution is 6.49. The maximum atomic E-state index is 13.0. The normalized spacial score (nSPS) is 31.5. The van der Waals surface area contributed by atoms with Gasteiger partial charge in [-0.3, -0.25) is 14.4 Å². The first kappa shape index (κ1) is 16.5. The molecule has 1 aromatic rings. The third kappa shape index (κ3) is 1.76. The minimum Gasteiger partial charge on any atom is -0.323 e. The average molecular weight is 354 g/mol. The van der Waals surface area contributed by atoms with Crippen LogP contribution in [0.2, 0.25) is 10.0 Å². The van der Waals surface area contributed by atoms with Crippen LogP contribution in [0.15, 0.2) is 18.2 Å². The number of anilines is 1. The first-order chi connectivity index (χ1) is 10.6. The van der Waals surface area contributed by atoms with Gasteiger partial charge < -0.3 is 5.32 Å². The maximum absolute atomic E-state index is 13.0. The van der Waals surface area contributed by atoms with Crippen molar-refractivity contribution in [3.63, 3.8) is 0 Å². The average Bonchev–Trinajstić information content (AvgIpc) is 2.75. The Morgan fingerprint density at radius 2 is 1.61 bits per heavy atom. The van der Waals surface area contributed by atoms with Crippen molar-refractivity contribution in [2.75, 3.05) is 5.32 Å². The molecule has 0 saturated heterocycles. The molecule has 0 aliphatic heterocycles. The summed E-state index contributed by atoms with van der Waals surface area (Å²) in [5.74, 6) is -1.55. The van der Waals surface area contributed by atoms with E-state index in [4.69, 9.17) is 23.2 Å². The number of ketones is 2. The minimum absolute atomic E-state index is 0.270. The van der Waals surface area contributed by atoms with Crippen LogP contribution in [-0.4, -0.2) is 17.5 Å².